The Bertz CT molecular complexity index is 1430. The monoisotopic (exact) mass is 841 g/mol. The maximum absolute atomic E-state index is 13.2. The first kappa shape index (κ1) is 51.4. The van der Waals surface area contributed by atoms with Gasteiger partial charge in [-0.15, -0.1) is 11.8 Å². The number of benzene rings is 1. The first-order valence-electron chi connectivity index (χ1n) is 19.4. The zero-order valence-corrected chi connectivity index (χ0v) is 37.1. The highest BCUT2D eigenvalue weighted by molar-refractivity contribution is 8.00. The molecule has 1 aromatic rings. The Morgan fingerprint density at radius 2 is 1.63 bits per heavy atom. The summed E-state index contributed by atoms with van der Waals surface area (Å²) in [6.07, 6.45) is 1.72. The van der Waals surface area contributed by atoms with Crippen LogP contribution in [0.3, 0.4) is 0 Å². The van der Waals surface area contributed by atoms with Gasteiger partial charge >= 0.3 is 12.2 Å². The number of ether oxygens (including phenoxy) is 2. The maximum atomic E-state index is 13.2. The van der Waals surface area contributed by atoms with Gasteiger partial charge in [0.1, 0.15) is 12.4 Å². The van der Waals surface area contributed by atoms with Crippen LogP contribution in [0, 0.1) is 5.92 Å². The van der Waals surface area contributed by atoms with Crippen LogP contribution in [0.15, 0.2) is 18.2 Å². The van der Waals surface area contributed by atoms with Gasteiger partial charge < -0.3 is 39.9 Å². The summed E-state index contributed by atoms with van der Waals surface area (Å²) >= 11 is 4.49. The van der Waals surface area contributed by atoms with Crippen LogP contribution in [0.5, 0.6) is 5.75 Å². The quantitative estimate of drug-likeness (QED) is 0.0580. The summed E-state index contributed by atoms with van der Waals surface area (Å²) in [7, 11) is 8.09. The predicted octanol–water partition coefficient (Wildman–Crippen LogP) is 3.53. The van der Waals surface area contributed by atoms with Crippen LogP contribution in [0.1, 0.15) is 71.4 Å². The van der Waals surface area contributed by atoms with Gasteiger partial charge in [-0.3, -0.25) is 28.8 Å². The second-order valence-corrected chi connectivity index (χ2v) is 16.7. The number of amides is 6. The molecule has 0 radical (unpaired) electrons. The van der Waals surface area contributed by atoms with Crippen LogP contribution >= 0.6 is 24.6 Å². The highest BCUT2D eigenvalue weighted by atomic mass is 32.2. The van der Waals surface area contributed by atoms with Gasteiger partial charge in [-0.25, -0.2) is 9.59 Å². The van der Waals surface area contributed by atoms with Gasteiger partial charge in [-0.2, -0.15) is 0 Å². The van der Waals surface area contributed by atoms with E-state index in [1.165, 1.54) is 16.7 Å². The lowest BCUT2D eigenvalue weighted by Gasteiger charge is -2.30. The molecule has 57 heavy (non-hydrogen) atoms. The minimum absolute atomic E-state index is 0.0634. The molecule has 4 N–H and O–H groups in total. The van der Waals surface area contributed by atoms with Gasteiger partial charge in [-0.1, -0.05) is 45.7 Å². The third-order valence-corrected chi connectivity index (χ3v) is 10.7. The molecule has 324 valence electrons. The molecule has 0 aliphatic carbocycles. The Morgan fingerprint density at radius 1 is 1.02 bits per heavy atom. The average Bonchev–Trinajstić information content (AvgIpc) is 3.41. The van der Waals surface area contributed by atoms with Gasteiger partial charge in [0.15, 0.2) is 0 Å². The second kappa shape index (κ2) is 27.2. The van der Waals surface area contributed by atoms with Crippen LogP contribution in [0.25, 0.3) is 0 Å². The van der Waals surface area contributed by atoms with Gasteiger partial charge in [0.05, 0.1) is 11.9 Å². The fraction of sp³-hybridized carbons (Fsp3) is 0.692. The normalized spacial score (nSPS) is 14.1. The zero-order valence-electron chi connectivity index (χ0n) is 35.4. The van der Waals surface area contributed by atoms with E-state index in [1.54, 1.807) is 9.62 Å². The standard InChI is InChI=1S/C38H64N6O7S.CH3NO2S/c1-10-30-25-29(13-14-31(30)51-37(49)43(20-11-18-41(6)7)21-12-19-42(8)9)16-23-50-27-34(46)39-17-24-52-32-26-35(47)44(36(32)48)22-15-33(45)40-38(4,5)28(2)3;3-1(4)2-5/h13-14,25,28,32H,10-12,15-24,26-27H2,1-9H3,(H,39,46)(H,40,45);2,5H,(H,3,4). The number of rotatable bonds is 24. The molecular formula is C39H67N7O9S2. The number of carbonyl (C=O) groups excluding carboxylic acids is 5. The second-order valence-electron chi connectivity index (χ2n) is 15.2. The van der Waals surface area contributed by atoms with E-state index >= 15 is 0 Å². The number of carboxylic acid groups (broad SMARTS) is 1. The van der Waals surface area contributed by atoms with Crippen molar-refractivity contribution in [2.24, 2.45) is 5.92 Å². The molecule has 1 unspecified atom stereocenters. The summed E-state index contributed by atoms with van der Waals surface area (Å²) in [5.41, 5.74) is 1.57. The third kappa shape index (κ3) is 21.1. The fourth-order valence-corrected chi connectivity index (χ4v) is 6.40. The highest BCUT2D eigenvalue weighted by Crippen LogP contribution is 2.25. The zero-order chi connectivity index (χ0) is 43.1. The Hall–Kier alpha value is -3.58. The lowest BCUT2D eigenvalue weighted by Crippen LogP contribution is -2.48. The van der Waals surface area contributed by atoms with Crippen LogP contribution in [-0.4, -0.2) is 158 Å². The van der Waals surface area contributed by atoms with Crippen LogP contribution in [0.4, 0.5) is 9.59 Å². The largest absolute Gasteiger partial charge is 0.464 e. The molecule has 1 aliphatic rings. The Kier molecular flexibility index (Phi) is 24.5. The number of carbonyl (C=O) groups is 6. The van der Waals surface area contributed by atoms with Crippen molar-refractivity contribution < 1.29 is 43.3 Å². The van der Waals surface area contributed by atoms with E-state index in [1.807, 2.05) is 81.0 Å². The Labute approximate surface area is 349 Å². The van der Waals surface area contributed by atoms with Crippen molar-refractivity contribution in [2.75, 3.05) is 86.4 Å². The third-order valence-electron chi connectivity index (χ3n) is 9.31. The lowest BCUT2D eigenvalue weighted by molar-refractivity contribution is -0.138. The van der Waals surface area contributed by atoms with E-state index in [-0.39, 0.29) is 67.2 Å². The molecule has 0 spiro atoms. The molecule has 1 heterocycles. The summed E-state index contributed by atoms with van der Waals surface area (Å²) in [6.45, 7) is 13.6. The molecule has 18 heteroatoms. The van der Waals surface area contributed by atoms with Gasteiger partial charge in [0.25, 0.3) is 0 Å². The van der Waals surface area contributed by atoms with Crippen molar-refractivity contribution in [1.82, 2.24) is 35.0 Å². The van der Waals surface area contributed by atoms with Crippen molar-refractivity contribution in [3.63, 3.8) is 0 Å². The van der Waals surface area contributed by atoms with Crippen LogP contribution in [-0.2, 0) is 36.8 Å². The van der Waals surface area contributed by atoms with E-state index in [2.05, 4.69) is 33.2 Å². The molecule has 1 fully saturated rings. The van der Waals surface area contributed by atoms with Crippen molar-refractivity contribution >= 4 is 60.4 Å². The van der Waals surface area contributed by atoms with E-state index in [9.17, 15) is 28.8 Å². The topological polar surface area (TPSA) is 190 Å². The smallest absolute Gasteiger partial charge is 0.415 e. The average molecular weight is 842 g/mol. The number of aryl methyl sites for hydroxylation is 1. The van der Waals surface area contributed by atoms with Crippen molar-refractivity contribution in [1.29, 1.82) is 0 Å². The molecule has 1 aromatic carbocycles. The van der Waals surface area contributed by atoms with Crippen LogP contribution in [0.2, 0.25) is 0 Å². The summed E-state index contributed by atoms with van der Waals surface area (Å²) in [5, 5.41) is 12.8. The first-order chi connectivity index (χ1) is 26.8. The lowest BCUT2D eigenvalue weighted by atomic mass is 9.90. The van der Waals surface area contributed by atoms with Crippen molar-refractivity contribution in [3.8, 4) is 5.75 Å². The summed E-state index contributed by atoms with van der Waals surface area (Å²) in [5.74, 6) is 0.247. The number of nitrogens with zero attached hydrogens (tertiary/aromatic N) is 4. The summed E-state index contributed by atoms with van der Waals surface area (Å²) < 4.78 is 13.1. The van der Waals surface area contributed by atoms with E-state index in [0.717, 1.165) is 37.1 Å². The van der Waals surface area contributed by atoms with Crippen molar-refractivity contribution in [2.45, 2.75) is 83.9 Å². The number of imide groups is 1. The van der Waals surface area contributed by atoms with Gasteiger partial charge in [0.2, 0.25) is 23.6 Å². The molecule has 0 saturated carbocycles. The fourth-order valence-electron chi connectivity index (χ4n) is 5.37. The van der Waals surface area contributed by atoms with Crippen molar-refractivity contribution in [3.05, 3.63) is 29.3 Å². The molecule has 1 saturated heterocycles. The molecule has 0 bridgehead atoms. The van der Waals surface area contributed by atoms with Gasteiger partial charge in [0, 0.05) is 50.3 Å². The van der Waals surface area contributed by atoms with E-state index < -0.39 is 11.3 Å². The highest BCUT2D eigenvalue weighted by Gasteiger charge is 2.39. The first-order valence-corrected chi connectivity index (χ1v) is 20.9. The number of thiol groups is 1. The summed E-state index contributed by atoms with van der Waals surface area (Å²) in [6, 6.07) is 5.77. The van der Waals surface area contributed by atoms with Crippen LogP contribution < -0.4 is 20.1 Å². The number of likely N-dealkylation sites (tertiary alicyclic amines) is 1. The molecule has 2 rings (SSSR count). The van der Waals surface area contributed by atoms with E-state index in [4.69, 9.17) is 14.6 Å². The summed E-state index contributed by atoms with van der Waals surface area (Å²) in [4.78, 5) is 79.5. The number of nitrogens with one attached hydrogen (secondary N) is 3. The van der Waals surface area contributed by atoms with E-state index in [0.29, 0.717) is 50.6 Å². The minimum Gasteiger partial charge on any atom is -0.464 e. The molecule has 1 aliphatic heterocycles. The minimum atomic E-state index is -1.13. The Morgan fingerprint density at radius 3 is 2.18 bits per heavy atom. The Balaban J connectivity index is 0.00000304. The predicted molar refractivity (Wildman–Crippen MR) is 227 cm³/mol. The molecular weight excluding hydrogens is 775 g/mol. The number of hydrogen-bond acceptors (Lipinski definition) is 12. The molecule has 0 aromatic heterocycles. The molecule has 16 nitrogen and oxygen atoms in total. The van der Waals surface area contributed by atoms with Gasteiger partial charge in [-0.05, 0) is 104 Å². The molecule has 6 amide bonds. The SMILES string of the molecule is CCc1cc(CCOCC(=O)NCCSC2CC(=O)N(CCC(=O)NC(C)(C)C(C)C)C2=O)ccc1OC(=O)N(CCCN(C)C)CCCN(C)C.O=C(O)NS. The molecule has 1 atom stereocenters. The number of hydrogen-bond donors (Lipinski definition) is 5. The number of thioether (sulfide) groups is 1. The maximum Gasteiger partial charge on any atom is 0.415 e.